The first-order chi connectivity index (χ1) is 6.74. The van der Waals surface area contributed by atoms with E-state index in [0.717, 1.165) is 6.54 Å². The summed E-state index contributed by atoms with van der Waals surface area (Å²) in [7, 11) is 1.66. The molecule has 0 aliphatic heterocycles. The largest absolute Gasteiger partial charge is 0.380 e. The van der Waals surface area contributed by atoms with Gasteiger partial charge in [0.1, 0.15) is 5.82 Å². The van der Waals surface area contributed by atoms with Crippen molar-refractivity contribution in [1.29, 1.82) is 0 Å². The third-order valence-corrected chi connectivity index (χ3v) is 2.11. The standard InChI is InChI=1S/C11H16FNO/c1-9(14-2)7-13-8-10-5-3-4-6-11(10)12/h3-6,9,13H,7-8H2,1-2H3. The van der Waals surface area contributed by atoms with Crippen molar-refractivity contribution in [3.63, 3.8) is 0 Å². The summed E-state index contributed by atoms with van der Waals surface area (Å²) in [6.07, 6.45) is 0.154. The van der Waals surface area contributed by atoms with Gasteiger partial charge in [-0.2, -0.15) is 0 Å². The molecule has 0 spiro atoms. The Balaban J connectivity index is 2.35. The molecule has 0 bridgehead atoms. The highest BCUT2D eigenvalue weighted by Gasteiger charge is 2.01. The van der Waals surface area contributed by atoms with Gasteiger partial charge >= 0.3 is 0 Å². The Morgan fingerprint density at radius 2 is 2.14 bits per heavy atom. The highest BCUT2D eigenvalue weighted by atomic mass is 19.1. The molecule has 0 aromatic heterocycles. The molecule has 0 amide bonds. The third-order valence-electron chi connectivity index (χ3n) is 2.11. The van der Waals surface area contributed by atoms with Gasteiger partial charge in [-0.05, 0) is 13.0 Å². The molecule has 0 saturated carbocycles. The van der Waals surface area contributed by atoms with Crippen LogP contribution in [0.15, 0.2) is 24.3 Å². The monoisotopic (exact) mass is 197 g/mol. The molecule has 0 saturated heterocycles. The maximum Gasteiger partial charge on any atom is 0.127 e. The first-order valence-electron chi connectivity index (χ1n) is 4.71. The third kappa shape index (κ3) is 3.44. The maximum absolute atomic E-state index is 13.1. The van der Waals surface area contributed by atoms with Gasteiger partial charge in [-0.1, -0.05) is 18.2 Å². The lowest BCUT2D eigenvalue weighted by Crippen LogP contribution is -2.25. The second-order valence-corrected chi connectivity index (χ2v) is 3.27. The summed E-state index contributed by atoms with van der Waals surface area (Å²) in [4.78, 5) is 0. The minimum absolute atomic E-state index is 0.154. The van der Waals surface area contributed by atoms with Crippen LogP contribution in [-0.2, 0) is 11.3 Å². The van der Waals surface area contributed by atoms with Gasteiger partial charge in [0.15, 0.2) is 0 Å². The molecule has 2 nitrogen and oxygen atoms in total. The normalized spacial score (nSPS) is 12.8. The van der Waals surface area contributed by atoms with Crippen molar-refractivity contribution in [3.05, 3.63) is 35.6 Å². The lowest BCUT2D eigenvalue weighted by Gasteiger charge is -2.10. The number of hydrogen-bond acceptors (Lipinski definition) is 2. The second-order valence-electron chi connectivity index (χ2n) is 3.27. The molecule has 1 atom stereocenters. The van der Waals surface area contributed by atoms with Crippen LogP contribution in [0.2, 0.25) is 0 Å². The Labute approximate surface area is 84.1 Å². The van der Waals surface area contributed by atoms with E-state index in [0.29, 0.717) is 12.1 Å². The Kier molecular flexibility index (Phi) is 4.56. The van der Waals surface area contributed by atoms with Crippen molar-refractivity contribution < 1.29 is 9.13 Å². The fourth-order valence-electron chi connectivity index (χ4n) is 1.14. The number of halogens is 1. The second kappa shape index (κ2) is 5.73. The lowest BCUT2D eigenvalue weighted by atomic mass is 10.2. The molecule has 0 radical (unpaired) electrons. The van der Waals surface area contributed by atoms with Gasteiger partial charge in [0.2, 0.25) is 0 Å². The van der Waals surface area contributed by atoms with Gasteiger partial charge in [0, 0.05) is 25.8 Å². The molecular formula is C11H16FNO. The topological polar surface area (TPSA) is 21.3 Å². The van der Waals surface area contributed by atoms with E-state index in [1.807, 2.05) is 13.0 Å². The molecule has 0 aliphatic rings. The van der Waals surface area contributed by atoms with E-state index in [1.165, 1.54) is 6.07 Å². The quantitative estimate of drug-likeness (QED) is 0.779. The molecule has 1 N–H and O–H groups in total. The molecule has 0 aliphatic carbocycles. The number of rotatable bonds is 5. The van der Waals surface area contributed by atoms with Crippen molar-refractivity contribution in [2.24, 2.45) is 0 Å². The van der Waals surface area contributed by atoms with Crippen LogP contribution in [-0.4, -0.2) is 19.8 Å². The summed E-state index contributed by atoms with van der Waals surface area (Å²) in [5.74, 6) is -0.162. The molecule has 1 aromatic carbocycles. The predicted octanol–water partition coefficient (Wildman–Crippen LogP) is 1.95. The van der Waals surface area contributed by atoms with E-state index < -0.39 is 0 Å². The minimum Gasteiger partial charge on any atom is -0.380 e. The van der Waals surface area contributed by atoms with Crippen LogP contribution in [0.3, 0.4) is 0 Å². The highest BCUT2D eigenvalue weighted by molar-refractivity contribution is 5.16. The summed E-state index contributed by atoms with van der Waals surface area (Å²) in [6, 6.07) is 6.77. The Morgan fingerprint density at radius 3 is 2.79 bits per heavy atom. The van der Waals surface area contributed by atoms with E-state index in [-0.39, 0.29) is 11.9 Å². The number of methoxy groups -OCH3 is 1. The summed E-state index contributed by atoms with van der Waals surface area (Å²) in [6.45, 7) is 3.24. The SMILES string of the molecule is COC(C)CNCc1ccccc1F. The fraction of sp³-hybridized carbons (Fsp3) is 0.455. The van der Waals surface area contributed by atoms with Crippen LogP contribution in [0.1, 0.15) is 12.5 Å². The van der Waals surface area contributed by atoms with Gasteiger partial charge in [0.05, 0.1) is 6.10 Å². The number of nitrogens with one attached hydrogen (secondary N) is 1. The summed E-state index contributed by atoms with van der Waals surface area (Å²) in [5.41, 5.74) is 0.691. The average Bonchev–Trinajstić information content (AvgIpc) is 2.20. The predicted molar refractivity (Wildman–Crippen MR) is 54.6 cm³/mol. The van der Waals surface area contributed by atoms with E-state index >= 15 is 0 Å². The van der Waals surface area contributed by atoms with Crippen molar-refractivity contribution in [3.8, 4) is 0 Å². The van der Waals surface area contributed by atoms with Crippen LogP contribution in [0.4, 0.5) is 4.39 Å². The number of benzene rings is 1. The van der Waals surface area contributed by atoms with Crippen LogP contribution >= 0.6 is 0 Å². The average molecular weight is 197 g/mol. The fourth-order valence-corrected chi connectivity index (χ4v) is 1.14. The van der Waals surface area contributed by atoms with Gasteiger partial charge in [-0.15, -0.1) is 0 Å². The van der Waals surface area contributed by atoms with E-state index in [4.69, 9.17) is 4.74 Å². The molecule has 14 heavy (non-hydrogen) atoms. The van der Waals surface area contributed by atoms with Crippen molar-refractivity contribution in [1.82, 2.24) is 5.32 Å². The van der Waals surface area contributed by atoms with E-state index in [9.17, 15) is 4.39 Å². The first-order valence-corrected chi connectivity index (χ1v) is 4.71. The Morgan fingerprint density at radius 1 is 1.43 bits per heavy atom. The Hall–Kier alpha value is -0.930. The molecule has 0 fully saturated rings. The first kappa shape index (κ1) is 11.1. The van der Waals surface area contributed by atoms with Crippen molar-refractivity contribution in [2.45, 2.75) is 19.6 Å². The number of hydrogen-bond donors (Lipinski definition) is 1. The summed E-state index contributed by atoms with van der Waals surface area (Å²) in [5, 5.41) is 3.13. The van der Waals surface area contributed by atoms with Crippen molar-refractivity contribution in [2.75, 3.05) is 13.7 Å². The van der Waals surface area contributed by atoms with Crippen molar-refractivity contribution >= 4 is 0 Å². The molecule has 0 heterocycles. The van der Waals surface area contributed by atoms with E-state index in [1.54, 1.807) is 19.2 Å². The van der Waals surface area contributed by atoms with Crippen LogP contribution in [0.5, 0.6) is 0 Å². The van der Waals surface area contributed by atoms with Crippen LogP contribution < -0.4 is 5.32 Å². The zero-order valence-electron chi connectivity index (χ0n) is 8.59. The lowest BCUT2D eigenvalue weighted by molar-refractivity contribution is 0.117. The molecule has 1 aromatic rings. The molecule has 78 valence electrons. The van der Waals surface area contributed by atoms with Crippen LogP contribution in [0.25, 0.3) is 0 Å². The van der Waals surface area contributed by atoms with Gasteiger partial charge in [-0.25, -0.2) is 4.39 Å². The summed E-state index contributed by atoms with van der Waals surface area (Å²) < 4.78 is 18.2. The zero-order chi connectivity index (χ0) is 10.4. The van der Waals surface area contributed by atoms with E-state index in [2.05, 4.69) is 5.32 Å². The van der Waals surface area contributed by atoms with Gasteiger partial charge in [0.25, 0.3) is 0 Å². The minimum atomic E-state index is -0.162. The van der Waals surface area contributed by atoms with Gasteiger partial charge < -0.3 is 10.1 Å². The number of ether oxygens (including phenoxy) is 1. The molecule has 1 rings (SSSR count). The molecule has 3 heteroatoms. The van der Waals surface area contributed by atoms with Gasteiger partial charge in [-0.3, -0.25) is 0 Å². The highest BCUT2D eigenvalue weighted by Crippen LogP contribution is 2.05. The molecule has 1 unspecified atom stereocenters. The zero-order valence-corrected chi connectivity index (χ0v) is 8.59. The summed E-state index contributed by atoms with van der Waals surface area (Å²) >= 11 is 0. The molecular weight excluding hydrogens is 181 g/mol. The smallest absolute Gasteiger partial charge is 0.127 e. The van der Waals surface area contributed by atoms with Crippen LogP contribution in [0, 0.1) is 5.82 Å². The Bertz CT molecular complexity index is 278. The maximum atomic E-state index is 13.1.